The van der Waals surface area contributed by atoms with E-state index in [1.165, 1.54) is 0 Å². The van der Waals surface area contributed by atoms with E-state index in [4.69, 9.17) is 0 Å². The van der Waals surface area contributed by atoms with Crippen LogP contribution in [0.1, 0.15) is 28.8 Å². The molecule has 16 heavy (non-hydrogen) atoms. The molecule has 0 heterocycles. The lowest BCUT2D eigenvalue weighted by atomic mass is 9.89. The molecule has 0 saturated carbocycles. The average Bonchev–Trinajstić information content (AvgIpc) is 2.20. The van der Waals surface area contributed by atoms with Gasteiger partial charge >= 0.3 is 5.69 Å². The zero-order valence-corrected chi connectivity index (χ0v) is 10.4. The lowest BCUT2D eigenvalue weighted by Gasteiger charge is -2.15. The number of nitro groups is 1. The maximum atomic E-state index is 11.7. The second-order valence-electron chi connectivity index (χ2n) is 3.62. The number of ketones is 1. The number of carbonyl (C=O) groups excluding carboxylic acids is 1. The summed E-state index contributed by atoms with van der Waals surface area (Å²) in [6, 6.07) is 1.65. The zero-order valence-electron chi connectivity index (χ0n) is 8.20. The minimum absolute atomic E-state index is 0.0918. The Morgan fingerprint density at radius 1 is 1.44 bits per heavy atom. The highest BCUT2D eigenvalue weighted by molar-refractivity contribution is 14.1. The van der Waals surface area contributed by atoms with Gasteiger partial charge in [0.25, 0.3) is 0 Å². The molecule has 1 N–H and O–H groups in total. The Morgan fingerprint density at radius 3 is 2.75 bits per heavy atom. The highest BCUT2D eigenvalue weighted by Gasteiger charge is 2.31. The summed E-state index contributed by atoms with van der Waals surface area (Å²) < 4.78 is 0.415. The van der Waals surface area contributed by atoms with Crippen LogP contribution in [0, 0.1) is 13.7 Å². The van der Waals surface area contributed by atoms with Gasteiger partial charge in [-0.3, -0.25) is 14.9 Å². The highest BCUT2D eigenvalue weighted by atomic mass is 127. The fourth-order valence-corrected chi connectivity index (χ4v) is 2.56. The van der Waals surface area contributed by atoms with Crippen LogP contribution in [0.2, 0.25) is 0 Å². The third-order valence-electron chi connectivity index (χ3n) is 2.62. The highest BCUT2D eigenvalue weighted by Crippen LogP contribution is 2.39. The normalized spacial score (nSPS) is 14.7. The van der Waals surface area contributed by atoms with Crippen LogP contribution >= 0.6 is 22.6 Å². The molecule has 0 spiro atoms. The van der Waals surface area contributed by atoms with Crippen LogP contribution < -0.4 is 0 Å². The first-order chi connectivity index (χ1) is 7.52. The molecule has 1 aromatic carbocycles. The first-order valence-corrected chi connectivity index (χ1v) is 5.82. The smallest absolute Gasteiger partial charge is 0.322 e. The summed E-state index contributed by atoms with van der Waals surface area (Å²) in [5.74, 6) is -0.653. The number of nitro benzene ring substituents is 1. The number of aryl methyl sites for hydroxylation is 1. The van der Waals surface area contributed by atoms with Crippen molar-refractivity contribution in [3.63, 3.8) is 0 Å². The topological polar surface area (TPSA) is 80.4 Å². The van der Waals surface area contributed by atoms with E-state index >= 15 is 0 Å². The molecule has 2 rings (SSSR count). The summed E-state index contributed by atoms with van der Waals surface area (Å²) in [7, 11) is 0. The van der Waals surface area contributed by atoms with Gasteiger partial charge in [0.1, 0.15) is 5.56 Å². The van der Waals surface area contributed by atoms with Gasteiger partial charge in [-0.05, 0) is 47.1 Å². The van der Waals surface area contributed by atoms with E-state index in [9.17, 15) is 20.0 Å². The molecule has 0 fully saturated rings. The number of hydrogen-bond donors (Lipinski definition) is 1. The van der Waals surface area contributed by atoms with Crippen LogP contribution in [0.5, 0.6) is 5.75 Å². The number of rotatable bonds is 1. The van der Waals surface area contributed by atoms with Crippen molar-refractivity contribution >= 4 is 34.1 Å². The van der Waals surface area contributed by atoms with Crippen LogP contribution in [0.3, 0.4) is 0 Å². The standard InChI is InChI=1S/C10H8INO4/c11-6-4-5-2-1-3-7(13)8(5)9(10(6)14)12(15)16/h4,14H,1-3H2. The van der Waals surface area contributed by atoms with E-state index in [1.54, 1.807) is 6.07 Å². The fourth-order valence-electron chi connectivity index (χ4n) is 1.93. The monoisotopic (exact) mass is 333 g/mol. The first kappa shape index (κ1) is 11.3. The van der Waals surface area contributed by atoms with Crippen LogP contribution in [0.15, 0.2) is 6.07 Å². The number of hydrogen-bond acceptors (Lipinski definition) is 4. The van der Waals surface area contributed by atoms with Gasteiger partial charge in [0.15, 0.2) is 5.78 Å². The fraction of sp³-hybridized carbons (Fsp3) is 0.300. The molecule has 0 saturated heterocycles. The van der Waals surface area contributed by atoms with Gasteiger partial charge < -0.3 is 5.11 Å². The molecule has 0 atom stereocenters. The maximum absolute atomic E-state index is 11.7. The van der Waals surface area contributed by atoms with E-state index in [0.29, 0.717) is 28.4 Å². The Morgan fingerprint density at radius 2 is 2.12 bits per heavy atom. The van der Waals surface area contributed by atoms with Crippen molar-refractivity contribution in [3.05, 3.63) is 30.9 Å². The Hall–Kier alpha value is -1.18. The van der Waals surface area contributed by atoms with Crippen LogP contribution in [0.25, 0.3) is 0 Å². The van der Waals surface area contributed by atoms with Crippen LogP contribution in [0.4, 0.5) is 5.69 Å². The van der Waals surface area contributed by atoms with Crippen LogP contribution in [-0.4, -0.2) is 15.8 Å². The van der Waals surface area contributed by atoms with Gasteiger partial charge in [-0.1, -0.05) is 0 Å². The molecular weight excluding hydrogens is 325 g/mol. The van der Waals surface area contributed by atoms with Crippen molar-refractivity contribution in [2.24, 2.45) is 0 Å². The molecule has 1 aromatic rings. The van der Waals surface area contributed by atoms with Crippen molar-refractivity contribution in [1.82, 2.24) is 0 Å². The minimum Gasteiger partial charge on any atom is -0.501 e. The van der Waals surface area contributed by atoms with Crippen molar-refractivity contribution in [3.8, 4) is 5.75 Å². The summed E-state index contributed by atoms with van der Waals surface area (Å²) >= 11 is 1.83. The number of aromatic hydroxyl groups is 1. The Labute approximate surface area is 105 Å². The molecule has 1 aliphatic rings. The molecule has 1 aliphatic carbocycles. The number of phenolic OH excluding ortho intramolecular Hbond substituents is 1. The Balaban J connectivity index is 2.78. The summed E-state index contributed by atoms with van der Waals surface area (Å²) in [6.07, 6.45) is 1.68. The molecule has 5 nitrogen and oxygen atoms in total. The van der Waals surface area contributed by atoms with E-state index < -0.39 is 16.4 Å². The Bertz CT molecular complexity index is 498. The van der Waals surface area contributed by atoms with Gasteiger partial charge in [-0.15, -0.1) is 0 Å². The van der Waals surface area contributed by atoms with Gasteiger partial charge in [0.05, 0.1) is 8.49 Å². The van der Waals surface area contributed by atoms with Crippen molar-refractivity contribution in [1.29, 1.82) is 0 Å². The third kappa shape index (κ3) is 1.66. The number of carbonyl (C=O) groups is 1. The van der Waals surface area contributed by atoms with Gasteiger partial charge in [0, 0.05) is 6.42 Å². The quantitative estimate of drug-likeness (QED) is 0.486. The number of benzene rings is 1. The maximum Gasteiger partial charge on any atom is 0.322 e. The molecule has 0 unspecified atom stereocenters. The predicted molar refractivity (Wildman–Crippen MR) is 64.7 cm³/mol. The van der Waals surface area contributed by atoms with Crippen molar-refractivity contribution < 1.29 is 14.8 Å². The largest absolute Gasteiger partial charge is 0.501 e. The number of fused-ring (bicyclic) bond motifs is 1. The second kappa shape index (κ2) is 4.00. The second-order valence-corrected chi connectivity index (χ2v) is 4.79. The van der Waals surface area contributed by atoms with E-state index in [2.05, 4.69) is 0 Å². The molecule has 0 bridgehead atoms. The summed E-state index contributed by atoms with van der Waals surface area (Å²) in [5, 5.41) is 20.5. The molecule has 6 heteroatoms. The molecular formula is C10H8INO4. The SMILES string of the molecule is O=C1CCCc2cc(I)c(O)c([N+](=O)[O-])c21. The van der Waals surface area contributed by atoms with E-state index in [0.717, 1.165) is 0 Å². The van der Waals surface area contributed by atoms with Gasteiger partial charge in [0.2, 0.25) is 5.75 Å². The van der Waals surface area contributed by atoms with Crippen molar-refractivity contribution in [2.45, 2.75) is 19.3 Å². The Kier molecular flexibility index (Phi) is 2.83. The lowest BCUT2D eigenvalue weighted by molar-refractivity contribution is -0.386. The predicted octanol–water partition coefficient (Wildman–Crippen LogP) is 2.42. The average molecular weight is 333 g/mol. The molecule has 0 amide bonds. The van der Waals surface area contributed by atoms with Crippen LogP contribution in [-0.2, 0) is 6.42 Å². The number of phenols is 1. The third-order valence-corrected chi connectivity index (χ3v) is 3.44. The lowest BCUT2D eigenvalue weighted by Crippen LogP contribution is -2.14. The van der Waals surface area contributed by atoms with Crippen molar-refractivity contribution in [2.75, 3.05) is 0 Å². The van der Waals surface area contributed by atoms with Gasteiger partial charge in [-0.25, -0.2) is 0 Å². The summed E-state index contributed by atoms with van der Waals surface area (Å²) in [5.41, 5.74) is 0.325. The number of halogens is 1. The molecule has 0 radical (unpaired) electrons. The number of nitrogens with zero attached hydrogens (tertiary/aromatic N) is 1. The molecule has 0 aromatic heterocycles. The molecule has 84 valence electrons. The first-order valence-electron chi connectivity index (χ1n) is 4.74. The van der Waals surface area contributed by atoms with E-state index in [-0.39, 0.29) is 11.3 Å². The summed E-state index contributed by atoms with van der Waals surface area (Å²) in [4.78, 5) is 21.9. The zero-order chi connectivity index (χ0) is 11.9. The molecule has 0 aliphatic heterocycles. The number of Topliss-reactive ketones (excluding diaryl/α,β-unsaturated/α-hetero) is 1. The van der Waals surface area contributed by atoms with E-state index in [1.807, 2.05) is 22.6 Å². The summed E-state index contributed by atoms with van der Waals surface area (Å²) in [6.45, 7) is 0. The van der Waals surface area contributed by atoms with Gasteiger partial charge in [-0.2, -0.15) is 0 Å². The minimum atomic E-state index is -0.681.